The molecule has 17 heavy (non-hydrogen) atoms. The van der Waals surface area contributed by atoms with E-state index in [0.29, 0.717) is 12.2 Å². The minimum Gasteiger partial charge on any atom is -0.363 e. The van der Waals surface area contributed by atoms with Crippen LogP contribution in [0.2, 0.25) is 5.28 Å². The highest BCUT2D eigenvalue weighted by molar-refractivity contribution is 14.2. The van der Waals surface area contributed by atoms with Crippen LogP contribution in [0.15, 0.2) is 6.33 Å². The van der Waals surface area contributed by atoms with E-state index in [-0.39, 0.29) is 10.8 Å². The molecule has 0 spiro atoms. The predicted octanol–water partition coefficient (Wildman–Crippen LogP) is 3.48. The minimum atomic E-state index is -0.0962. The second-order valence-corrected chi connectivity index (χ2v) is 7.02. The van der Waals surface area contributed by atoms with Crippen LogP contribution in [0.4, 0.5) is 5.82 Å². The number of aromatic nitrogens is 4. The smallest absolute Gasteiger partial charge is 0.226 e. The summed E-state index contributed by atoms with van der Waals surface area (Å²) in [6, 6.07) is 0. The Labute approximate surface area is 119 Å². The van der Waals surface area contributed by atoms with Crippen LogP contribution in [-0.2, 0) is 0 Å². The molecule has 1 atom stereocenters. The van der Waals surface area contributed by atoms with Gasteiger partial charge >= 0.3 is 0 Å². The fourth-order valence-corrected chi connectivity index (χ4v) is 2.94. The maximum atomic E-state index is 5.94. The summed E-state index contributed by atoms with van der Waals surface area (Å²) < 4.78 is 1.96. The molecule has 5 nitrogen and oxygen atoms in total. The molecule has 0 radical (unpaired) electrons. The quantitative estimate of drug-likeness (QED) is 0.490. The lowest BCUT2D eigenvalue weighted by molar-refractivity contribution is 0.631. The fraction of sp³-hybridized carbons (Fsp3) is 0.444. The summed E-state index contributed by atoms with van der Waals surface area (Å²) >= 11 is 8.21. The third-order valence-electron chi connectivity index (χ3n) is 1.95. The van der Waals surface area contributed by atoms with Crippen molar-refractivity contribution in [1.29, 1.82) is 0 Å². The molecule has 0 saturated carbocycles. The van der Waals surface area contributed by atoms with Gasteiger partial charge in [0.15, 0.2) is 17.0 Å². The molecule has 1 unspecified atom stereocenters. The molecule has 0 aliphatic rings. The molecule has 0 amide bonds. The number of imidazole rings is 1. The molecule has 1 N–H and O–H groups in total. The van der Waals surface area contributed by atoms with Crippen LogP contribution < -0.4 is 5.32 Å². The highest BCUT2D eigenvalue weighted by Crippen LogP contribution is 2.31. The summed E-state index contributed by atoms with van der Waals surface area (Å²) in [5, 5.41) is 3.53. The Bertz CT molecular complexity index is 550. The molecule has 0 aliphatic carbocycles. The first-order valence-electron chi connectivity index (χ1n) is 4.96. The van der Waals surface area contributed by atoms with Crippen LogP contribution in [0.1, 0.15) is 20.8 Å². The summed E-state index contributed by atoms with van der Waals surface area (Å²) in [5.41, 5.74) is 1.43. The van der Waals surface area contributed by atoms with Crippen molar-refractivity contribution >= 4 is 57.0 Å². The predicted molar refractivity (Wildman–Crippen MR) is 81.4 cm³/mol. The van der Waals surface area contributed by atoms with Gasteiger partial charge in [-0.25, -0.2) is 4.98 Å². The Morgan fingerprint density at radius 1 is 1.41 bits per heavy atom. The number of nitrogens with one attached hydrogen (secondary N) is 1. The monoisotopic (exact) mass is 383 g/mol. The van der Waals surface area contributed by atoms with Gasteiger partial charge in [-0.2, -0.15) is 9.97 Å². The van der Waals surface area contributed by atoms with Crippen LogP contribution >= 0.6 is 40.0 Å². The van der Waals surface area contributed by atoms with Gasteiger partial charge in [-0.3, -0.25) is 4.34 Å². The summed E-state index contributed by atoms with van der Waals surface area (Å²) in [6.07, 6.45) is 2.29. The number of rotatable bonds is 2. The molecule has 2 aromatic rings. The van der Waals surface area contributed by atoms with Crippen LogP contribution in [0.5, 0.6) is 0 Å². The molecule has 8 heteroatoms. The third-order valence-corrected chi connectivity index (χ3v) is 4.19. The lowest BCUT2D eigenvalue weighted by Crippen LogP contribution is -2.27. The average molecular weight is 384 g/mol. The fourth-order valence-electron chi connectivity index (χ4n) is 1.38. The Morgan fingerprint density at radius 3 is 2.71 bits per heavy atom. The van der Waals surface area contributed by atoms with Crippen LogP contribution in [0.3, 0.4) is 0 Å². The second-order valence-electron chi connectivity index (χ2n) is 4.59. The minimum absolute atomic E-state index is 0.0962. The zero-order valence-electron chi connectivity index (χ0n) is 9.62. The number of hydrogen-bond donors (Lipinski definition) is 1. The SMILES string of the molecule is CC(C)(C)Nc1nc(Cl)nc2c1ncn2PI. The van der Waals surface area contributed by atoms with E-state index in [2.05, 4.69) is 63.1 Å². The number of fused-ring (bicyclic) bond motifs is 1. The van der Waals surface area contributed by atoms with E-state index in [4.69, 9.17) is 11.6 Å². The highest BCUT2D eigenvalue weighted by atomic mass is 127. The Balaban J connectivity index is 2.59. The van der Waals surface area contributed by atoms with Gasteiger partial charge in [0.05, 0.1) is 6.37 Å². The third kappa shape index (κ3) is 2.98. The van der Waals surface area contributed by atoms with Crippen molar-refractivity contribution in [2.24, 2.45) is 0 Å². The highest BCUT2D eigenvalue weighted by Gasteiger charge is 2.17. The molecule has 0 aromatic carbocycles. The van der Waals surface area contributed by atoms with Crippen molar-refractivity contribution in [2.75, 3.05) is 5.32 Å². The van der Waals surface area contributed by atoms with Crippen LogP contribution in [0.25, 0.3) is 11.2 Å². The van der Waals surface area contributed by atoms with E-state index in [0.717, 1.165) is 11.2 Å². The van der Waals surface area contributed by atoms with Gasteiger partial charge < -0.3 is 5.32 Å². The molecule has 0 bridgehead atoms. The number of nitrogens with zero attached hydrogens (tertiary/aromatic N) is 4. The van der Waals surface area contributed by atoms with Gasteiger partial charge in [0, 0.05) is 5.54 Å². The van der Waals surface area contributed by atoms with Crippen LogP contribution in [0, 0.1) is 0 Å². The van der Waals surface area contributed by atoms with E-state index in [9.17, 15) is 0 Å². The van der Waals surface area contributed by atoms with Gasteiger partial charge in [0.2, 0.25) is 5.28 Å². The lowest BCUT2D eigenvalue weighted by atomic mass is 10.1. The first-order chi connectivity index (χ1) is 7.90. The number of hydrogen-bond acceptors (Lipinski definition) is 4. The van der Waals surface area contributed by atoms with Gasteiger partial charge in [0.1, 0.15) is 6.33 Å². The van der Waals surface area contributed by atoms with Crippen molar-refractivity contribution in [3.63, 3.8) is 0 Å². The first kappa shape index (κ1) is 13.2. The molecule has 2 rings (SSSR count). The van der Waals surface area contributed by atoms with Crippen molar-refractivity contribution in [2.45, 2.75) is 26.3 Å². The van der Waals surface area contributed by atoms with E-state index < -0.39 is 0 Å². The van der Waals surface area contributed by atoms with Gasteiger partial charge in [-0.1, -0.05) is 0 Å². The van der Waals surface area contributed by atoms with Crippen molar-refractivity contribution in [3.8, 4) is 0 Å². The first-order valence-corrected chi connectivity index (χ1v) is 9.40. The van der Waals surface area contributed by atoms with Crippen molar-refractivity contribution in [3.05, 3.63) is 11.6 Å². The zero-order chi connectivity index (χ0) is 12.6. The van der Waals surface area contributed by atoms with Gasteiger partial charge in [0.25, 0.3) is 0 Å². The number of anilines is 1. The molecule has 0 fully saturated rings. The topological polar surface area (TPSA) is 55.6 Å². The van der Waals surface area contributed by atoms with Gasteiger partial charge in [-0.05, 0) is 54.4 Å². The molecular formula is C9H12ClIN5P. The molecule has 2 aromatic heterocycles. The summed E-state index contributed by atoms with van der Waals surface area (Å²) in [4.78, 5) is 12.8. The summed E-state index contributed by atoms with van der Waals surface area (Å²) in [5.74, 6) is 0.681. The normalized spacial score (nSPS) is 12.8. The molecule has 0 saturated heterocycles. The van der Waals surface area contributed by atoms with E-state index >= 15 is 0 Å². The maximum absolute atomic E-state index is 5.94. The van der Waals surface area contributed by atoms with Crippen LogP contribution in [-0.4, -0.2) is 24.8 Å². The molecule has 2 heterocycles. The van der Waals surface area contributed by atoms with E-state index in [1.54, 1.807) is 6.33 Å². The number of halogens is 2. The zero-order valence-corrected chi connectivity index (χ0v) is 13.5. The van der Waals surface area contributed by atoms with Crippen molar-refractivity contribution < 1.29 is 0 Å². The molecular weight excluding hydrogens is 371 g/mol. The Hall–Kier alpha value is -0.200. The Morgan fingerprint density at radius 2 is 2.12 bits per heavy atom. The summed E-state index contributed by atoms with van der Waals surface area (Å²) in [7, 11) is 0. The van der Waals surface area contributed by atoms with Crippen molar-refractivity contribution in [1.82, 2.24) is 19.3 Å². The standard InChI is InChI=1S/C9H12ClIN5P/c1-9(2,3)15-6-5-7(14-8(10)13-6)16(17-11)4-12-5/h4,17H,1-3H3,(H,13,14,15). The molecule has 92 valence electrons. The van der Waals surface area contributed by atoms with E-state index in [1.807, 2.05) is 4.34 Å². The Kier molecular flexibility index (Phi) is 3.75. The molecule has 0 aliphatic heterocycles. The second kappa shape index (κ2) is 4.82. The van der Waals surface area contributed by atoms with E-state index in [1.165, 1.54) is 0 Å². The largest absolute Gasteiger partial charge is 0.363 e. The van der Waals surface area contributed by atoms with Gasteiger partial charge in [-0.15, -0.1) is 0 Å². The average Bonchev–Trinajstić information content (AvgIpc) is 2.58. The maximum Gasteiger partial charge on any atom is 0.226 e. The summed E-state index contributed by atoms with van der Waals surface area (Å²) in [6.45, 7) is 6.18. The lowest BCUT2D eigenvalue weighted by Gasteiger charge is -2.21.